The standard InChI is InChI=1S/2C4H9.V/c2*1-4(2)3;/h1-3H3;4H,1H2,2-3H3;/q2*-1;+2. The van der Waals surface area contributed by atoms with E-state index in [-0.39, 0.29) is 18.6 Å². The second-order valence-corrected chi connectivity index (χ2v) is 2.89. The fourth-order valence-corrected chi connectivity index (χ4v) is 0. The van der Waals surface area contributed by atoms with Crippen molar-refractivity contribution in [3.8, 4) is 0 Å². The van der Waals surface area contributed by atoms with Gasteiger partial charge in [-0.1, -0.05) is 13.8 Å². The molecule has 0 saturated carbocycles. The van der Waals surface area contributed by atoms with Gasteiger partial charge < -0.3 is 12.8 Å². The number of rotatable bonds is 0. The van der Waals surface area contributed by atoms with E-state index < -0.39 is 0 Å². The molecule has 0 aliphatic carbocycles. The van der Waals surface area contributed by atoms with Gasteiger partial charge in [0.25, 0.3) is 0 Å². The Morgan fingerprint density at radius 1 is 1.11 bits per heavy atom. The van der Waals surface area contributed by atoms with E-state index in [1.807, 2.05) is 0 Å². The zero-order valence-corrected chi connectivity index (χ0v) is 8.63. The summed E-state index contributed by atoms with van der Waals surface area (Å²) in [4.78, 5) is 0. The maximum atomic E-state index is 3.64. The van der Waals surface area contributed by atoms with Crippen molar-refractivity contribution in [2.75, 3.05) is 0 Å². The van der Waals surface area contributed by atoms with E-state index in [2.05, 4.69) is 41.5 Å². The van der Waals surface area contributed by atoms with Crippen LogP contribution in [0.2, 0.25) is 0 Å². The van der Waals surface area contributed by atoms with Crippen molar-refractivity contribution >= 4 is 0 Å². The first-order valence-corrected chi connectivity index (χ1v) is 3.06. The van der Waals surface area contributed by atoms with Crippen LogP contribution in [0.5, 0.6) is 0 Å². The molecule has 0 rings (SSSR count). The quantitative estimate of drug-likeness (QED) is 0.484. The monoisotopic (exact) mass is 165 g/mol. The van der Waals surface area contributed by atoms with Crippen molar-refractivity contribution in [1.29, 1.82) is 0 Å². The summed E-state index contributed by atoms with van der Waals surface area (Å²) in [6.07, 6.45) is 0. The Bertz CT molecular complexity index is 20.0. The smallest absolute Gasteiger partial charge is 0.341 e. The first-order valence-electron chi connectivity index (χ1n) is 3.06. The molecule has 0 aromatic rings. The van der Waals surface area contributed by atoms with Crippen LogP contribution in [0.25, 0.3) is 0 Å². The summed E-state index contributed by atoms with van der Waals surface area (Å²) in [6.45, 7) is 14.0. The van der Waals surface area contributed by atoms with Gasteiger partial charge in [-0.05, 0) is 0 Å². The molecule has 0 spiro atoms. The predicted molar refractivity (Wildman–Crippen MR) is 40.5 cm³/mol. The van der Waals surface area contributed by atoms with Crippen molar-refractivity contribution in [3.63, 3.8) is 0 Å². The largest absolute Gasteiger partial charge is 2.00 e. The fourth-order valence-electron chi connectivity index (χ4n) is 0. The zero-order valence-electron chi connectivity index (χ0n) is 7.23. The van der Waals surface area contributed by atoms with Gasteiger partial charge in [0.05, 0.1) is 0 Å². The molecule has 0 saturated heterocycles. The molecule has 0 unspecified atom stereocenters. The first kappa shape index (κ1) is 16.3. The Kier molecular flexibility index (Phi) is 20.6. The molecule has 0 amide bonds. The summed E-state index contributed by atoms with van der Waals surface area (Å²) < 4.78 is 0. The molecule has 0 nitrogen and oxygen atoms in total. The Hall–Kier alpha value is 0.584. The van der Waals surface area contributed by atoms with E-state index in [4.69, 9.17) is 0 Å². The van der Waals surface area contributed by atoms with Crippen LogP contribution < -0.4 is 0 Å². The molecule has 55 valence electrons. The molecule has 0 aliphatic rings. The minimum Gasteiger partial charge on any atom is -0.341 e. The molecule has 0 atom stereocenters. The van der Waals surface area contributed by atoms with Gasteiger partial charge in [0, 0.05) is 0 Å². The molecule has 0 fully saturated rings. The second kappa shape index (κ2) is 11.4. The Balaban J connectivity index is -0.0000000720. The molecule has 0 aromatic carbocycles. The van der Waals surface area contributed by atoms with Gasteiger partial charge in [-0.2, -0.15) is 26.7 Å². The third-order valence-electron chi connectivity index (χ3n) is 0. The van der Waals surface area contributed by atoms with Crippen LogP contribution in [0.15, 0.2) is 0 Å². The van der Waals surface area contributed by atoms with Gasteiger partial charge in [-0.15, -0.1) is 0 Å². The predicted octanol–water partition coefficient (Wildman–Crippen LogP) is 3.09. The third kappa shape index (κ3) is 1090. The summed E-state index contributed by atoms with van der Waals surface area (Å²) in [7, 11) is 0. The Morgan fingerprint density at radius 2 is 1.11 bits per heavy atom. The van der Waals surface area contributed by atoms with E-state index in [1.165, 1.54) is 5.92 Å². The molecular weight excluding hydrogens is 147 g/mol. The average Bonchev–Trinajstić information content (AvgIpc) is 1.25. The maximum absolute atomic E-state index is 3.64. The molecule has 0 N–H and O–H groups in total. The van der Waals surface area contributed by atoms with Crippen molar-refractivity contribution in [2.24, 2.45) is 5.92 Å². The van der Waals surface area contributed by atoms with Gasteiger partial charge in [0.1, 0.15) is 0 Å². The summed E-state index contributed by atoms with van der Waals surface area (Å²) in [5.41, 5.74) is 0. The number of hydrogen-bond acceptors (Lipinski definition) is 0. The maximum Gasteiger partial charge on any atom is 2.00 e. The molecule has 0 bridgehead atoms. The molecule has 1 heteroatoms. The molecule has 9 heavy (non-hydrogen) atoms. The van der Waals surface area contributed by atoms with Crippen LogP contribution in [0.4, 0.5) is 0 Å². The third-order valence-corrected chi connectivity index (χ3v) is 0. The molecule has 0 heterocycles. The van der Waals surface area contributed by atoms with Gasteiger partial charge in [0.15, 0.2) is 0 Å². The average molecular weight is 165 g/mol. The second-order valence-electron chi connectivity index (χ2n) is 2.89. The van der Waals surface area contributed by atoms with Crippen LogP contribution >= 0.6 is 0 Å². The normalized spacial score (nSPS) is 8.00. The van der Waals surface area contributed by atoms with Crippen molar-refractivity contribution in [1.82, 2.24) is 0 Å². The van der Waals surface area contributed by atoms with E-state index in [0.717, 1.165) is 0 Å². The van der Waals surface area contributed by atoms with Gasteiger partial charge in [0.2, 0.25) is 0 Å². The minimum atomic E-state index is 0. The fraction of sp³-hybridized carbons (Fsp3) is 0.750. The van der Waals surface area contributed by atoms with Crippen LogP contribution in [-0.2, 0) is 18.6 Å². The number of hydrogen-bond donors (Lipinski definition) is 0. The zero-order chi connectivity index (χ0) is 7.15. The summed E-state index contributed by atoms with van der Waals surface area (Å²) in [6, 6.07) is 0. The summed E-state index contributed by atoms with van der Waals surface area (Å²) in [5.74, 6) is 2.00. The van der Waals surface area contributed by atoms with Crippen molar-refractivity contribution < 1.29 is 18.6 Å². The summed E-state index contributed by atoms with van der Waals surface area (Å²) in [5, 5.41) is 0. The minimum absolute atomic E-state index is 0. The van der Waals surface area contributed by atoms with Crippen molar-refractivity contribution in [2.45, 2.75) is 34.6 Å². The first-order chi connectivity index (χ1) is 3.46. The summed E-state index contributed by atoms with van der Waals surface area (Å²) >= 11 is 0. The molecule has 0 aliphatic heterocycles. The van der Waals surface area contributed by atoms with E-state index >= 15 is 0 Å². The van der Waals surface area contributed by atoms with Crippen LogP contribution in [0.3, 0.4) is 0 Å². The molecule has 0 aromatic heterocycles. The van der Waals surface area contributed by atoms with Crippen LogP contribution in [0.1, 0.15) is 34.6 Å². The van der Waals surface area contributed by atoms with Crippen LogP contribution in [-0.4, -0.2) is 0 Å². The van der Waals surface area contributed by atoms with Crippen LogP contribution in [0, 0.1) is 18.8 Å². The topological polar surface area (TPSA) is 0 Å². The van der Waals surface area contributed by atoms with Crippen molar-refractivity contribution in [3.05, 3.63) is 12.8 Å². The van der Waals surface area contributed by atoms with Gasteiger partial charge in [-0.3, -0.25) is 0 Å². The SMILES string of the molecule is C[C-](C)C.[CH2-]C(C)C.[V+2]. The van der Waals surface area contributed by atoms with E-state index in [1.54, 1.807) is 0 Å². The van der Waals surface area contributed by atoms with E-state index in [9.17, 15) is 0 Å². The molecular formula is C8H18V. The Morgan fingerprint density at radius 3 is 1.11 bits per heavy atom. The van der Waals surface area contributed by atoms with Gasteiger partial charge in [-0.25, -0.2) is 0 Å². The Labute approximate surface area is 72.3 Å². The van der Waals surface area contributed by atoms with Gasteiger partial charge >= 0.3 is 18.6 Å². The molecule has 1 radical (unpaired) electrons. The van der Waals surface area contributed by atoms with E-state index in [0.29, 0.717) is 5.92 Å².